The van der Waals surface area contributed by atoms with Crippen molar-refractivity contribution in [1.82, 2.24) is 5.06 Å². The highest BCUT2D eigenvalue weighted by molar-refractivity contribution is 6.30. The van der Waals surface area contributed by atoms with Gasteiger partial charge in [0.25, 0.3) is 5.91 Å². The van der Waals surface area contributed by atoms with Crippen molar-refractivity contribution in [1.29, 1.82) is 0 Å². The van der Waals surface area contributed by atoms with Crippen LogP contribution in [-0.2, 0) is 21.0 Å². The van der Waals surface area contributed by atoms with Crippen LogP contribution in [0.4, 0.5) is 0 Å². The van der Waals surface area contributed by atoms with Gasteiger partial charge >= 0.3 is 5.97 Å². The summed E-state index contributed by atoms with van der Waals surface area (Å²) in [6.07, 6.45) is 0.571. The monoisotopic (exact) mass is 285 g/mol. The summed E-state index contributed by atoms with van der Waals surface area (Å²) in [5, 5.41) is 18.9. The van der Waals surface area contributed by atoms with Gasteiger partial charge in [-0.2, -0.15) is 0 Å². The Balaban J connectivity index is 2.78. The zero-order valence-corrected chi connectivity index (χ0v) is 10.8. The highest BCUT2D eigenvalue weighted by Crippen LogP contribution is 2.12. The lowest BCUT2D eigenvalue weighted by atomic mass is 10.2. The molecule has 0 heterocycles. The Kier molecular flexibility index (Phi) is 5.35. The van der Waals surface area contributed by atoms with Gasteiger partial charge in [0.15, 0.2) is 0 Å². The van der Waals surface area contributed by atoms with E-state index in [0.717, 1.165) is 10.6 Å². The number of amides is 1. The summed E-state index contributed by atoms with van der Waals surface area (Å²) in [5.41, 5.74) is 0.739. The molecule has 0 atom stereocenters. The van der Waals surface area contributed by atoms with Crippen LogP contribution in [0.25, 0.3) is 0 Å². The number of aliphatic hydroxyl groups is 1. The number of carboxylic acid groups (broad SMARTS) is 1. The van der Waals surface area contributed by atoms with Gasteiger partial charge in [-0.05, 0) is 17.7 Å². The largest absolute Gasteiger partial charge is 0.502 e. The van der Waals surface area contributed by atoms with E-state index in [4.69, 9.17) is 26.7 Å². The molecule has 6 nitrogen and oxygen atoms in total. The molecule has 0 saturated carbocycles. The van der Waals surface area contributed by atoms with Crippen molar-refractivity contribution in [3.05, 3.63) is 46.7 Å². The molecule has 0 unspecified atom stereocenters. The molecule has 1 aromatic carbocycles. The SMILES string of the molecule is CON(Cc1ccc(Cl)cc1)C(=O)C=C(O)C(=O)O. The molecule has 0 radical (unpaired) electrons. The third-order valence-corrected chi connectivity index (χ3v) is 2.44. The van der Waals surface area contributed by atoms with Crippen LogP contribution in [0.1, 0.15) is 5.56 Å². The van der Waals surface area contributed by atoms with Gasteiger partial charge < -0.3 is 10.2 Å². The molecule has 2 N–H and O–H groups in total. The molecule has 19 heavy (non-hydrogen) atoms. The molecule has 0 aromatic heterocycles. The smallest absolute Gasteiger partial charge is 0.371 e. The number of hydrogen-bond acceptors (Lipinski definition) is 4. The fraction of sp³-hybridized carbons (Fsp3) is 0.167. The first-order valence-corrected chi connectivity index (χ1v) is 5.56. The van der Waals surface area contributed by atoms with Gasteiger partial charge in [-0.1, -0.05) is 23.7 Å². The van der Waals surface area contributed by atoms with Gasteiger partial charge in [0.1, 0.15) is 0 Å². The minimum atomic E-state index is -1.59. The van der Waals surface area contributed by atoms with Crippen LogP contribution in [0.15, 0.2) is 36.1 Å². The molecule has 1 rings (SSSR count). The second-order valence-electron chi connectivity index (χ2n) is 3.52. The molecule has 0 aliphatic carbocycles. The number of carbonyl (C=O) groups excluding carboxylic acids is 1. The fourth-order valence-corrected chi connectivity index (χ4v) is 1.36. The molecular formula is C12H12ClNO5. The number of halogens is 1. The van der Waals surface area contributed by atoms with E-state index in [2.05, 4.69) is 0 Å². The van der Waals surface area contributed by atoms with Gasteiger partial charge in [0.2, 0.25) is 5.76 Å². The number of nitrogens with zero attached hydrogens (tertiary/aromatic N) is 1. The zero-order chi connectivity index (χ0) is 14.4. The maximum atomic E-state index is 11.6. The van der Waals surface area contributed by atoms with Gasteiger partial charge in [0.05, 0.1) is 19.7 Å². The Bertz CT molecular complexity index is 497. The standard InChI is InChI=1S/C12H12ClNO5/c1-19-14(11(16)6-10(15)12(17)18)7-8-2-4-9(13)5-3-8/h2-6,15H,7H2,1H3,(H,17,18). The number of aliphatic hydroxyl groups excluding tert-OH is 1. The molecule has 0 aliphatic rings. The molecule has 0 spiro atoms. The molecule has 0 saturated heterocycles. The van der Waals surface area contributed by atoms with Crippen LogP contribution in [0.2, 0.25) is 5.02 Å². The number of hydroxylamine groups is 2. The predicted octanol–water partition coefficient (Wildman–Crippen LogP) is 1.76. The number of benzene rings is 1. The summed E-state index contributed by atoms with van der Waals surface area (Å²) < 4.78 is 0. The van der Waals surface area contributed by atoms with E-state index in [1.54, 1.807) is 24.3 Å². The third-order valence-electron chi connectivity index (χ3n) is 2.18. The van der Waals surface area contributed by atoms with Crippen molar-refractivity contribution in [3.63, 3.8) is 0 Å². The van der Waals surface area contributed by atoms with Gasteiger partial charge in [0, 0.05) is 5.02 Å². The van der Waals surface area contributed by atoms with Gasteiger partial charge in [-0.3, -0.25) is 9.63 Å². The van der Waals surface area contributed by atoms with E-state index >= 15 is 0 Å². The average molecular weight is 286 g/mol. The topological polar surface area (TPSA) is 87.1 Å². The molecule has 1 aromatic rings. The summed E-state index contributed by atoms with van der Waals surface area (Å²) in [6.45, 7) is 0.0932. The van der Waals surface area contributed by atoms with Crippen molar-refractivity contribution < 1.29 is 24.6 Å². The van der Waals surface area contributed by atoms with E-state index < -0.39 is 17.6 Å². The highest BCUT2D eigenvalue weighted by Gasteiger charge is 2.15. The Morgan fingerprint density at radius 2 is 1.89 bits per heavy atom. The normalized spacial score (nSPS) is 11.2. The molecule has 102 valence electrons. The van der Waals surface area contributed by atoms with Crippen LogP contribution < -0.4 is 0 Å². The fourth-order valence-electron chi connectivity index (χ4n) is 1.24. The van der Waals surface area contributed by atoms with Crippen LogP contribution in [-0.4, -0.2) is 34.3 Å². The summed E-state index contributed by atoms with van der Waals surface area (Å²) in [5.74, 6) is -3.42. The Labute approximate surface area is 114 Å². The quantitative estimate of drug-likeness (QED) is 0.489. The summed E-state index contributed by atoms with van der Waals surface area (Å²) in [7, 11) is 1.26. The third kappa shape index (κ3) is 4.61. The lowest BCUT2D eigenvalue weighted by Crippen LogP contribution is -2.28. The van der Waals surface area contributed by atoms with Crippen molar-refractivity contribution >= 4 is 23.5 Å². The zero-order valence-electron chi connectivity index (χ0n) is 10.0. The minimum absolute atomic E-state index is 0.0932. The summed E-state index contributed by atoms with van der Waals surface area (Å²) in [4.78, 5) is 26.9. The van der Waals surface area contributed by atoms with Gasteiger partial charge in [-0.25, -0.2) is 9.86 Å². The van der Waals surface area contributed by atoms with Crippen molar-refractivity contribution in [3.8, 4) is 0 Å². The van der Waals surface area contributed by atoms with E-state index in [-0.39, 0.29) is 6.54 Å². The number of carboxylic acids is 1. The molecule has 0 fully saturated rings. The Hall–Kier alpha value is -2.05. The highest BCUT2D eigenvalue weighted by atomic mass is 35.5. The van der Waals surface area contributed by atoms with Crippen molar-refractivity contribution in [2.75, 3.05) is 7.11 Å². The van der Waals surface area contributed by atoms with Crippen LogP contribution in [0.3, 0.4) is 0 Å². The van der Waals surface area contributed by atoms with Gasteiger partial charge in [-0.15, -0.1) is 0 Å². The van der Waals surface area contributed by atoms with Crippen LogP contribution >= 0.6 is 11.6 Å². The molecule has 1 amide bonds. The average Bonchev–Trinajstić information content (AvgIpc) is 2.37. The number of aliphatic carboxylic acids is 1. The second-order valence-corrected chi connectivity index (χ2v) is 3.96. The second kappa shape index (κ2) is 6.77. The van der Waals surface area contributed by atoms with Crippen molar-refractivity contribution in [2.24, 2.45) is 0 Å². The number of carbonyl (C=O) groups is 2. The first kappa shape index (κ1) is 15.0. The molecule has 0 aliphatic heterocycles. The first-order valence-electron chi connectivity index (χ1n) is 5.18. The van der Waals surface area contributed by atoms with Crippen LogP contribution in [0.5, 0.6) is 0 Å². The Morgan fingerprint density at radius 3 is 2.37 bits per heavy atom. The lowest BCUT2D eigenvalue weighted by molar-refractivity contribution is -0.173. The maximum Gasteiger partial charge on any atom is 0.371 e. The lowest BCUT2D eigenvalue weighted by Gasteiger charge is -2.18. The summed E-state index contributed by atoms with van der Waals surface area (Å²) in [6, 6.07) is 6.70. The maximum absolute atomic E-state index is 11.6. The van der Waals surface area contributed by atoms with E-state index in [9.17, 15) is 9.59 Å². The first-order chi connectivity index (χ1) is 8.93. The Morgan fingerprint density at radius 1 is 1.32 bits per heavy atom. The van der Waals surface area contributed by atoms with E-state index in [0.29, 0.717) is 11.1 Å². The minimum Gasteiger partial charge on any atom is -0.502 e. The van der Waals surface area contributed by atoms with Crippen molar-refractivity contribution in [2.45, 2.75) is 6.54 Å². The van der Waals surface area contributed by atoms with E-state index in [1.807, 2.05) is 0 Å². The molecule has 7 heteroatoms. The van der Waals surface area contributed by atoms with E-state index in [1.165, 1.54) is 7.11 Å². The predicted molar refractivity (Wildman–Crippen MR) is 67.4 cm³/mol. The number of rotatable bonds is 5. The summed E-state index contributed by atoms with van der Waals surface area (Å²) >= 11 is 5.73. The molecule has 0 bridgehead atoms. The molecular weight excluding hydrogens is 274 g/mol. The number of hydrogen-bond donors (Lipinski definition) is 2. The van der Waals surface area contributed by atoms with Crippen LogP contribution in [0, 0.1) is 0 Å².